The van der Waals surface area contributed by atoms with Crippen LogP contribution < -0.4 is 16.0 Å². The third kappa shape index (κ3) is 4.20. The molecule has 0 unspecified atom stereocenters. The second-order valence-corrected chi connectivity index (χ2v) is 4.44. The van der Waals surface area contributed by atoms with E-state index in [1.54, 1.807) is 0 Å². The van der Waals surface area contributed by atoms with E-state index in [0.717, 1.165) is 37.2 Å². The first-order valence-corrected chi connectivity index (χ1v) is 6.09. The van der Waals surface area contributed by atoms with Gasteiger partial charge in [0.25, 0.3) is 0 Å². The van der Waals surface area contributed by atoms with Gasteiger partial charge in [-0.15, -0.1) is 12.4 Å². The number of carbonyl (C=O) groups is 1. The zero-order valence-corrected chi connectivity index (χ0v) is 11.3. The van der Waals surface area contributed by atoms with Gasteiger partial charge in [0, 0.05) is 11.7 Å². The number of hydrogen-bond donors (Lipinski definition) is 3. The van der Waals surface area contributed by atoms with E-state index >= 15 is 0 Å². The van der Waals surface area contributed by atoms with E-state index in [9.17, 15) is 4.79 Å². The molecule has 0 spiro atoms. The minimum atomic E-state index is -0.105. The molecule has 5 heteroatoms. The Bertz CT molecular complexity index is 392. The fraction of sp³-hybridized carbons (Fsp3) is 0.462. The quantitative estimate of drug-likeness (QED) is 0.772. The molecule has 1 saturated heterocycles. The van der Waals surface area contributed by atoms with Crippen LogP contribution in [0.1, 0.15) is 18.4 Å². The maximum Gasteiger partial charge on any atom is 0.319 e. The van der Waals surface area contributed by atoms with Gasteiger partial charge in [-0.25, -0.2) is 4.79 Å². The van der Waals surface area contributed by atoms with Crippen molar-refractivity contribution in [1.82, 2.24) is 10.6 Å². The van der Waals surface area contributed by atoms with Crippen molar-refractivity contribution in [3.05, 3.63) is 29.8 Å². The van der Waals surface area contributed by atoms with Gasteiger partial charge in [-0.2, -0.15) is 0 Å². The summed E-state index contributed by atoms with van der Waals surface area (Å²) in [5.41, 5.74) is 1.95. The van der Waals surface area contributed by atoms with Crippen LogP contribution in [0.3, 0.4) is 0 Å². The molecule has 1 aromatic carbocycles. The number of carbonyl (C=O) groups excluding carboxylic acids is 1. The molecule has 18 heavy (non-hydrogen) atoms. The van der Waals surface area contributed by atoms with Gasteiger partial charge in [-0.05, 0) is 44.5 Å². The van der Waals surface area contributed by atoms with Gasteiger partial charge in [0.2, 0.25) is 0 Å². The molecule has 0 radical (unpaired) electrons. The summed E-state index contributed by atoms with van der Waals surface area (Å²) in [5.74, 6) is 0. The largest absolute Gasteiger partial charge is 0.335 e. The number of rotatable bonds is 2. The Kier molecular flexibility index (Phi) is 5.95. The predicted molar refractivity (Wildman–Crippen MR) is 76.5 cm³/mol. The highest BCUT2D eigenvalue weighted by Crippen LogP contribution is 2.13. The highest BCUT2D eigenvalue weighted by atomic mass is 35.5. The number of piperidine rings is 1. The maximum absolute atomic E-state index is 11.8. The first kappa shape index (κ1) is 14.8. The van der Waals surface area contributed by atoms with Crippen molar-refractivity contribution in [3.63, 3.8) is 0 Å². The molecule has 0 saturated carbocycles. The zero-order chi connectivity index (χ0) is 12.1. The fourth-order valence-corrected chi connectivity index (χ4v) is 2.02. The van der Waals surface area contributed by atoms with Crippen LogP contribution in [-0.2, 0) is 0 Å². The maximum atomic E-state index is 11.8. The summed E-state index contributed by atoms with van der Waals surface area (Å²) in [6.07, 6.45) is 2.00. The monoisotopic (exact) mass is 269 g/mol. The second kappa shape index (κ2) is 7.24. The Morgan fingerprint density at radius 1 is 1.28 bits per heavy atom. The Morgan fingerprint density at radius 3 is 2.61 bits per heavy atom. The molecule has 1 fully saturated rings. The van der Waals surface area contributed by atoms with E-state index in [2.05, 4.69) is 16.0 Å². The van der Waals surface area contributed by atoms with E-state index in [1.807, 2.05) is 31.2 Å². The van der Waals surface area contributed by atoms with E-state index in [1.165, 1.54) is 0 Å². The molecule has 3 N–H and O–H groups in total. The highest BCUT2D eigenvalue weighted by molar-refractivity contribution is 5.90. The van der Waals surface area contributed by atoms with Crippen LogP contribution in [0.25, 0.3) is 0 Å². The lowest BCUT2D eigenvalue weighted by molar-refractivity contribution is 0.245. The summed E-state index contributed by atoms with van der Waals surface area (Å²) in [5, 5.41) is 9.17. The first-order valence-electron chi connectivity index (χ1n) is 6.09. The minimum Gasteiger partial charge on any atom is -0.335 e. The number of para-hydroxylation sites is 1. The molecule has 2 rings (SSSR count). The molecule has 2 amide bonds. The molecular formula is C13H20ClN3O. The van der Waals surface area contributed by atoms with Crippen molar-refractivity contribution in [2.75, 3.05) is 18.4 Å². The normalized spacial score (nSPS) is 15.6. The van der Waals surface area contributed by atoms with Crippen molar-refractivity contribution in [2.24, 2.45) is 0 Å². The Balaban J connectivity index is 0.00000162. The summed E-state index contributed by atoms with van der Waals surface area (Å²) >= 11 is 0. The zero-order valence-electron chi connectivity index (χ0n) is 10.5. The van der Waals surface area contributed by atoms with Crippen LogP contribution in [0.4, 0.5) is 10.5 Å². The van der Waals surface area contributed by atoms with Crippen molar-refractivity contribution >= 4 is 24.1 Å². The van der Waals surface area contributed by atoms with E-state index in [0.29, 0.717) is 6.04 Å². The summed E-state index contributed by atoms with van der Waals surface area (Å²) < 4.78 is 0. The Hall–Kier alpha value is -1.26. The van der Waals surface area contributed by atoms with E-state index in [-0.39, 0.29) is 18.4 Å². The van der Waals surface area contributed by atoms with Crippen LogP contribution in [0, 0.1) is 6.92 Å². The van der Waals surface area contributed by atoms with Gasteiger partial charge in [0.15, 0.2) is 0 Å². The number of aryl methyl sites for hydroxylation is 1. The standard InChI is InChI=1S/C13H19N3O.ClH/c1-10-4-2-3-5-12(10)16-13(17)15-11-6-8-14-9-7-11;/h2-5,11,14H,6-9H2,1H3,(H2,15,16,17);1H. The van der Waals surface area contributed by atoms with Crippen LogP contribution in [0.15, 0.2) is 24.3 Å². The minimum absolute atomic E-state index is 0. The average molecular weight is 270 g/mol. The third-order valence-corrected chi connectivity index (χ3v) is 3.07. The molecule has 1 aliphatic rings. The number of halogens is 1. The van der Waals surface area contributed by atoms with Crippen molar-refractivity contribution in [1.29, 1.82) is 0 Å². The number of benzene rings is 1. The SMILES string of the molecule is Cc1ccccc1NC(=O)NC1CCNCC1.Cl. The van der Waals surface area contributed by atoms with Gasteiger partial charge in [-0.3, -0.25) is 0 Å². The van der Waals surface area contributed by atoms with E-state index < -0.39 is 0 Å². The summed E-state index contributed by atoms with van der Waals surface area (Å²) in [6, 6.07) is 7.97. The lowest BCUT2D eigenvalue weighted by atomic mass is 10.1. The number of hydrogen-bond acceptors (Lipinski definition) is 2. The van der Waals surface area contributed by atoms with Gasteiger partial charge in [0.05, 0.1) is 0 Å². The molecule has 4 nitrogen and oxygen atoms in total. The van der Waals surface area contributed by atoms with Gasteiger partial charge < -0.3 is 16.0 Å². The smallest absolute Gasteiger partial charge is 0.319 e. The molecule has 1 aromatic rings. The lowest BCUT2D eigenvalue weighted by Crippen LogP contribution is -2.44. The first-order chi connectivity index (χ1) is 8.25. The van der Waals surface area contributed by atoms with Crippen molar-refractivity contribution < 1.29 is 4.79 Å². The van der Waals surface area contributed by atoms with E-state index in [4.69, 9.17) is 0 Å². The fourth-order valence-electron chi connectivity index (χ4n) is 2.02. The van der Waals surface area contributed by atoms with Crippen LogP contribution >= 0.6 is 12.4 Å². The Morgan fingerprint density at radius 2 is 1.94 bits per heavy atom. The lowest BCUT2D eigenvalue weighted by Gasteiger charge is -2.23. The van der Waals surface area contributed by atoms with Crippen LogP contribution in [0.2, 0.25) is 0 Å². The molecule has 0 aromatic heterocycles. The van der Waals surface area contributed by atoms with Gasteiger partial charge in [0.1, 0.15) is 0 Å². The molecule has 1 aliphatic heterocycles. The third-order valence-electron chi connectivity index (χ3n) is 3.07. The summed E-state index contributed by atoms with van der Waals surface area (Å²) in [7, 11) is 0. The van der Waals surface area contributed by atoms with Crippen molar-refractivity contribution in [3.8, 4) is 0 Å². The molecule has 0 atom stereocenters. The second-order valence-electron chi connectivity index (χ2n) is 4.44. The Labute approximate surface area is 114 Å². The predicted octanol–water partition coefficient (Wildman–Crippen LogP) is 2.29. The number of anilines is 1. The molecular weight excluding hydrogens is 250 g/mol. The highest BCUT2D eigenvalue weighted by Gasteiger charge is 2.15. The summed E-state index contributed by atoms with van der Waals surface area (Å²) in [4.78, 5) is 11.8. The van der Waals surface area contributed by atoms with Gasteiger partial charge in [-0.1, -0.05) is 18.2 Å². The molecule has 0 bridgehead atoms. The topological polar surface area (TPSA) is 53.2 Å². The van der Waals surface area contributed by atoms with Crippen LogP contribution in [-0.4, -0.2) is 25.2 Å². The number of amides is 2. The number of urea groups is 1. The molecule has 0 aliphatic carbocycles. The van der Waals surface area contributed by atoms with Crippen molar-refractivity contribution in [2.45, 2.75) is 25.8 Å². The number of nitrogens with one attached hydrogen (secondary N) is 3. The molecule has 1 heterocycles. The van der Waals surface area contributed by atoms with Crippen LogP contribution in [0.5, 0.6) is 0 Å². The summed E-state index contributed by atoms with van der Waals surface area (Å²) in [6.45, 7) is 3.95. The molecule has 100 valence electrons. The average Bonchev–Trinajstić information content (AvgIpc) is 2.33. The van der Waals surface area contributed by atoms with Gasteiger partial charge >= 0.3 is 6.03 Å².